The number of hydrogen-bond acceptors (Lipinski definition) is 3. The fourth-order valence-electron chi connectivity index (χ4n) is 2.35. The SMILES string of the molecule is CCc1cc(OCc2ccc3c(n2)NCC3)ccc1Cl. The largest absolute Gasteiger partial charge is 0.487 e. The summed E-state index contributed by atoms with van der Waals surface area (Å²) in [7, 11) is 0. The Kier molecular flexibility index (Phi) is 3.79. The second-order valence-corrected chi connectivity index (χ2v) is 5.29. The number of ether oxygens (including phenoxy) is 1. The number of aryl methyl sites for hydroxylation is 1. The van der Waals surface area contributed by atoms with Gasteiger partial charge in [-0.2, -0.15) is 0 Å². The first-order chi connectivity index (χ1) is 9.76. The zero-order chi connectivity index (χ0) is 13.9. The van der Waals surface area contributed by atoms with Crippen LogP contribution in [0.15, 0.2) is 30.3 Å². The van der Waals surface area contributed by atoms with E-state index < -0.39 is 0 Å². The van der Waals surface area contributed by atoms with Crippen LogP contribution in [0.3, 0.4) is 0 Å². The Hall–Kier alpha value is -1.74. The lowest BCUT2D eigenvalue weighted by molar-refractivity contribution is 0.301. The summed E-state index contributed by atoms with van der Waals surface area (Å²) in [5.41, 5.74) is 3.33. The van der Waals surface area contributed by atoms with Crippen molar-refractivity contribution in [1.82, 2.24) is 4.98 Å². The molecule has 1 aliphatic heterocycles. The van der Waals surface area contributed by atoms with E-state index in [0.29, 0.717) is 6.61 Å². The van der Waals surface area contributed by atoms with Crippen molar-refractivity contribution in [2.24, 2.45) is 0 Å². The minimum Gasteiger partial charge on any atom is -0.487 e. The maximum absolute atomic E-state index is 6.10. The van der Waals surface area contributed by atoms with Crippen LogP contribution in [0.1, 0.15) is 23.7 Å². The van der Waals surface area contributed by atoms with Gasteiger partial charge in [-0.05, 0) is 48.2 Å². The van der Waals surface area contributed by atoms with Crippen molar-refractivity contribution in [3.63, 3.8) is 0 Å². The van der Waals surface area contributed by atoms with E-state index in [1.54, 1.807) is 0 Å². The lowest BCUT2D eigenvalue weighted by Crippen LogP contribution is -2.01. The standard InChI is InChI=1S/C16H17ClN2O/c1-2-11-9-14(5-6-15(11)17)20-10-13-4-3-12-7-8-18-16(12)19-13/h3-6,9H,2,7-8,10H2,1H3,(H,18,19). The van der Waals surface area contributed by atoms with E-state index >= 15 is 0 Å². The van der Waals surface area contributed by atoms with Crippen LogP contribution in [-0.4, -0.2) is 11.5 Å². The Morgan fingerprint density at radius 1 is 1.30 bits per heavy atom. The predicted molar refractivity (Wildman–Crippen MR) is 81.6 cm³/mol. The van der Waals surface area contributed by atoms with Crippen LogP contribution in [0.25, 0.3) is 0 Å². The molecule has 0 saturated carbocycles. The molecule has 3 nitrogen and oxygen atoms in total. The van der Waals surface area contributed by atoms with Crippen molar-refractivity contribution in [2.75, 3.05) is 11.9 Å². The Labute approximate surface area is 123 Å². The normalized spacial score (nSPS) is 12.9. The number of nitrogens with one attached hydrogen (secondary N) is 1. The van der Waals surface area contributed by atoms with E-state index in [2.05, 4.69) is 23.3 Å². The number of benzene rings is 1. The summed E-state index contributed by atoms with van der Waals surface area (Å²) in [6.07, 6.45) is 1.96. The van der Waals surface area contributed by atoms with Crippen molar-refractivity contribution in [1.29, 1.82) is 0 Å². The highest BCUT2D eigenvalue weighted by atomic mass is 35.5. The topological polar surface area (TPSA) is 34.1 Å². The average molecular weight is 289 g/mol. The lowest BCUT2D eigenvalue weighted by Gasteiger charge is -2.09. The highest BCUT2D eigenvalue weighted by Crippen LogP contribution is 2.24. The summed E-state index contributed by atoms with van der Waals surface area (Å²) in [5.74, 6) is 1.83. The molecule has 0 saturated heterocycles. The molecule has 0 radical (unpaired) electrons. The predicted octanol–water partition coefficient (Wildman–Crippen LogP) is 3.84. The van der Waals surface area contributed by atoms with Crippen LogP contribution in [0.2, 0.25) is 5.02 Å². The highest BCUT2D eigenvalue weighted by Gasteiger charge is 2.11. The molecule has 0 bridgehead atoms. The zero-order valence-corrected chi connectivity index (χ0v) is 12.2. The number of fused-ring (bicyclic) bond motifs is 1. The third-order valence-corrected chi connectivity index (χ3v) is 3.88. The first-order valence-corrected chi connectivity index (χ1v) is 7.28. The van der Waals surface area contributed by atoms with Gasteiger partial charge < -0.3 is 10.1 Å². The van der Waals surface area contributed by atoms with Crippen LogP contribution in [0.5, 0.6) is 5.75 Å². The molecule has 4 heteroatoms. The van der Waals surface area contributed by atoms with Crippen LogP contribution in [0, 0.1) is 0 Å². The van der Waals surface area contributed by atoms with Gasteiger partial charge in [-0.15, -0.1) is 0 Å². The number of hydrogen-bond donors (Lipinski definition) is 1. The molecule has 3 rings (SSSR count). The number of aromatic nitrogens is 1. The fourth-order valence-corrected chi connectivity index (χ4v) is 2.60. The minimum absolute atomic E-state index is 0.472. The van der Waals surface area contributed by atoms with Crippen molar-refractivity contribution < 1.29 is 4.74 Å². The Balaban J connectivity index is 1.70. The molecule has 0 aliphatic carbocycles. The minimum atomic E-state index is 0.472. The van der Waals surface area contributed by atoms with Crippen molar-refractivity contribution in [2.45, 2.75) is 26.4 Å². The number of anilines is 1. The molecule has 0 spiro atoms. The van der Waals surface area contributed by atoms with Gasteiger partial charge in [0.15, 0.2) is 0 Å². The molecule has 104 valence electrons. The monoisotopic (exact) mass is 288 g/mol. The van der Waals surface area contributed by atoms with Gasteiger partial charge >= 0.3 is 0 Å². The van der Waals surface area contributed by atoms with Gasteiger partial charge in [0.1, 0.15) is 18.2 Å². The van der Waals surface area contributed by atoms with Crippen molar-refractivity contribution >= 4 is 17.4 Å². The van der Waals surface area contributed by atoms with E-state index in [-0.39, 0.29) is 0 Å². The van der Waals surface area contributed by atoms with Gasteiger partial charge in [-0.1, -0.05) is 24.6 Å². The molecule has 1 aromatic heterocycles. The highest BCUT2D eigenvalue weighted by molar-refractivity contribution is 6.31. The van der Waals surface area contributed by atoms with E-state index in [1.165, 1.54) is 5.56 Å². The fraction of sp³-hybridized carbons (Fsp3) is 0.312. The van der Waals surface area contributed by atoms with Gasteiger partial charge in [0.25, 0.3) is 0 Å². The molecular formula is C16H17ClN2O. The Morgan fingerprint density at radius 3 is 3.05 bits per heavy atom. The summed E-state index contributed by atoms with van der Waals surface area (Å²) in [4.78, 5) is 4.57. The Bertz CT molecular complexity index is 617. The molecule has 2 aromatic rings. The maximum atomic E-state index is 6.10. The summed E-state index contributed by atoms with van der Waals surface area (Å²) in [5, 5.41) is 4.07. The third-order valence-electron chi connectivity index (χ3n) is 3.51. The smallest absolute Gasteiger partial charge is 0.130 e. The summed E-state index contributed by atoms with van der Waals surface area (Å²) >= 11 is 6.10. The maximum Gasteiger partial charge on any atom is 0.130 e. The number of rotatable bonds is 4. The third kappa shape index (κ3) is 2.73. The molecule has 1 N–H and O–H groups in total. The molecule has 1 aliphatic rings. The Morgan fingerprint density at radius 2 is 2.20 bits per heavy atom. The van der Waals surface area contributed by atoms with E-state index in [4.69, 9.17) is 16.3 Å². The van der Waals surface area contributed by atoms with Gasteiger partial charge in [-0.3, -0.25) is 0 Å². The zero-order valence-electron chi connectivity index (χ0n) is 11.4. The number of nitrogens with zero attached hydrogens (tertiary/aromatic N) is 1. The molecule has 0 unspecified atom stereocenters. The quantitative estimate of drug-likeness (QED) is 0.928. The molecule has 0 atom stereocenters. The van der Waals surface area contributed by atoms with E-state index in [1.807, 2.05) is 24.3 Å². The first kappa shape index (κ1) is 13.3. The van der Waals surface area contributed by atoms with Crippen LogP contribution >= 0.6 is 11.6 Å². The van der Waals surface area contributed by atoms with Gasteiger partial charge in [0.2, 0.25) is 0 Å². The molecule has 0 fully saturated rings. The first-order valence-electron chi connectivity index (χ1n) is 6.90. The number of pyridine rings is 1. The average Bonchev–Trinajstić information content (AvgIpc) is 2.94. The summed E-state index contributed by atoms with van der Waals surface area (Å²) < 4.78 is 5.80. The number of halogens is 1. The molecule has 0 amide bonds. The van der Waals surface area contributed by atoms with Gasteiger partial charge in [-0.25, -0.2) is 4.98 Å². The van der Waals surface area contributed by atoms with Gasteiger partial charge in [0, 0.05) is 11.6 Å². The van der Waals surface area contributed by atoms with Crippen LogP contribution in [-0.2, 0) is 19.4 Å². The second kappa shape index (κ2) is 5.71. The summed E-state index contributed by atoms with van der Waals surface area (Å²) in [6.45, 7) is 3.53. The van der Waals surface area contributed by atoms with Crippen LogP contribution < -0.4 is 10.1 Å². The lowest BCUT2D eigenvalue weighted by atomic mass is 10.1. The van der Waals surface area contributed by atoms with Crippen molar-refractivity contribution in [3.8, 4) is 5.75 Å². The van der Waals surface area contributed by atoms with Gasteiger partial charge in [0.05, 0.1) is 5.69 Å². The molecule has 2 heterocycles. The molecule has 1 aromatic carbocycles. The van der Waals surface area contributed by atoms with E-state index in [9.17, 15) is 0 Å². The molecule has 20 heavy (non-hydrogen) atoms. The second-order valence-electron chi connectivity index (χ2n) is 4.88. The van der Waals surface area contributed by atoms with Crippen LogP contribution in [0.4, 0.5) is 5.82 Å². The van der Waals surface area contributed by atoms with E-state index in [0.717, 1.165) is 47.2 Å². The summed E-state index contributed by atoms with van der Waals surface area (Å²) in [6, 6.07) is 9.93. The molecular weight excluding hydrogens is 272 g/mol. The van der Waals surface area contributed by atoms with Crippen molar-refractivity contribution in [3.05, 3.63) is 52.2 Å².